The number of hydrogen-bond acceptors (Lipinski definition) is 5. The highest BCUT2D eigenvalue weighted by Crippen LogP contribution is 2.36. The minimum Gasteiger partial charge on any atom is -0.493 e. The fraction of sp³-hybridized carbons (Fsp3) is 0.375. The number of carbonyl (C=O) groups excluding carboxylic acids is 2. The molecule has 0 atom stereocenters. The Kier molecular flexibility index (Phi) is 7.41. The van der Waals surface area contributed by atoms with Crippen LogP contribution in [-0.2, 0) is 14.3 Å². The van der Waals surface area contributed by atoms with Gasteiger partial charge in [0.05, 0.1) is 19.2 Å². The molecule has 0 aromatic heterocycles. The quantitative estimate of drug-likeness (QED) is 0.609. The van der Waals surface area contributed by atoms with Crippen molar-refractivity contribution in [1.82, 2.24) is 5.32 Å². The Labute approximate surface area is 140 Å². The molecule has 0 heterocycles. The van der Waals surface area contributed by atoms with Crippen molar-refractivity contribution in [1.29, 1.82) is 0 Å². The van der Waals surface area contributed by atoms with E-state index in [1.54, 1.807) is 12.1 Å². The van der Waals surface area contributed by atoms with Crippen LogP contribution in [0.15, 0.2) is 18.2 Å². The van der Waals surface area contributed by atoms with Gasteiger partial charge >= 0.3 is 5.97 Å². The second-order valence-electron chi connectivity index (χ2n) is 4.90. The highest BCUT2D eigenvalue weighted by atomic mass is 35.5. The first-order chi connectivity index (χ1) is 10.9. The van der Waals surface area contributed by atoms with Crippen LogP contribution in [0.2, 0.25) is 5.02 Å². The van der Waals surface area contributed by atoms with Gasteiger partial charge in [-0.25, -0.2) is 4.79 Å². The van der Waals surface area contributed by atoms with Gasteiger partial charge in [0, 0.05) is 12.1 Å². The molecule has 0 saturated carbocycles. The van der Waals surface area contributed by atoms with Crippen LogP contribution in [0.1, 0.15) is 19.4 Å². The fourth-order valence-corrected chi connectivity index (χ4v) is 2.04. The molecule has 1 N–H and O–H groups in total. The van der Waals surface area contributed by atoms with E-state index < -0.39 is 5.97 Å². The average Bonchev–Trinajstić information content (AvgIpc) is 2.49. The molecule has 0 bridgehead atoms. The first-order valence-corrected chi connectivity index (χ1v) is 7.31. The van der Waals surface area contributed by atoms with Crippen LogP contribution in [0, 0.1) is 0 Å². The lowest BCUT2D eigenvalue weighted by atomic mass is 10.2. The maximum atomic E-state index is 11.6. The number of carbonyl (C=O) groups is 2. The Morgan fingerprint density at radius 1 is 1.26 bits per heavy atom. The molecular formula is C16H20ClNO5. The predicted molar refractivity (Wildman–Crippen MR) is 87.8 cm³/mol. The molecule has 0 fully saturated rings. The number of hydrogen-bond donors (Lipinski definition) is 1. The highest BCUT2D eigenvalue weighted by molar-refractivity contribution is 6.32. The molecule has 0 saturated heterocycles. The molecule has 0 radical (unpaired) electrons. The molecule has 23 heavy (non-hydrogen) atoms. The molecule has 0 aliphatic carbocycles. The van der Waals surface area contributed by atoms with E-state index in [4.69, 9.17) is 25.8 Å². The van der Waals surface area contributed by atoms with Gasteiger partial charge in [0.15, 0.2) is 18.1 Å². The summed E-state index contributed by atoms with van der Waals surface area (Å²) in [7, 11) is 2.97. The van der Waals surface area contributed by atoms with Crippen molar-refractivity contribution >= 4 is 29.6 Å². The lowest BCUT2D eigenvalue weighted by Gasteiger charge is -2.10. The first kappa shape index (κ1) is 18.8. The monoisotopic (exact) mass is 341 g/mol. The summed E-state index contributed by atoms with van der Waals surface area (Å²) in [6.07, 6.45) is 2.72. The van der Waals surface area contributed by atoms with Gasteiger partial charge in [-0.15, -0.1) is 0 Å². The van der Waals surface area contributed by atoms with E-state index in [2.05, 4.69) is 5.32 Å². The molecule has 0 spiro atoms. The van der Waals surface area contributed by atoms with Gasteiger partial charge in [-0.3, -0.25) is 4.79 Å². The van der Waals surface area contributed by atoms with Crippen LogP contribution in [-0.4, -0.2) is 38.7 Å². The van der Waals surface area contributed by atoms with Gasteiger partial charge in [0.2, 0.25) is 0 Å². The normalized spacial score (nSPS) is 10.7. The van der Waals surface area contributed by atoms with Crippen LogP contribution >= 0.6 is 11.6 Å². The third-order valence-corrected chi connectivity index (χ3v) is 2.94. The molecular weight excluding hydrogens is 322 g/mol. The number of amides is 1. The average molecular weight is 342 g/mol. The van der Waals surface area contributed by atoms with Crippen LogP contribution in [0.3, 0.4) is 0 Å². The highest BCUT2D eigenvalue weighted by Gasteiger charge is 2.10. The van der Waals surface area contributed by atoms with E-state index in [9.17, 15) is 9.59 Å². The van der Waals surface area contributed by atoms with Gasteiger partial charge in [0.25, 0.3) is 5.91 Å². The second-order valence-corrected chi connectivity index (χ2v) is 5.31. The smallest absolute Gasteiger partial charge is 0.331 e. The number of rotatable bonds is 7. The summed E-state index contributed by atoms with van der Waals surface area (Å²) >= 11 is 6.07. The summed E-state index contributed by atoms with van der Waals surface area (Å²) in [4.78, 5) is 23.0. The first-order valence-electron chi connectivity index (χ1n) is 6.93. The lowest BCUT2D eigenvalue weighted by Crippen LogP contribution is -2.33. The Bertz CT molecular complexity index is 598. The molecule has 1 amide bonds. The summed E-state index contributed by atoms with van der Waals surface area (Å²) in [5, 5.41) is 2.98. The van der Waals surface area contributed by atoms with E-state index >= 15 is 0 Å². The Morgan fingerprint density at radius 2 is 1.96 bits per heavy atom. The van der Waals surface area contributed by atoms with Crippen molar-refractivity contribution < 1.29 is 23.8 Å². The Morgan fingerprint density at radius 3 is 2.52 bits per heavy atom. The maximum absolute atomic E-state index is 11.6. The van der Waals surface area contributed by atoms with E-state index in [0.717, 1.165) is 0 Å². The van der Waals surface area contributed by atoms with Gasteiger partial charge < -0.3 is 19.5 Å². The largest absolute Gasteiger partial charge is 0.493 e. The van der Waals surface area contributed by atoms with Crippen LogP contribution in [0.5, 0.6) is 11.5 Å². The standard InChI is InChI=1S/C16H20ClNO5/c1-10(2)18-14(19)9-23-15(20)6-5-11-7-12(17)16(22-4)13(8-11)21-3/h5-8,10H,9H2,1-4H3,(H,18,19)/b6-5+. The van der Waals surface area contributed by atoms with Crippen LogP contribution < -0.4 is 14.8 Å². The number of nitrogens with one attached hydrogen (secondary N) is 1. The third-order valence-electron chi connectivity index (χ3n) is 2.66. The molecule has 1 aromatic carbocycles. The maximum Gasteiger partial charge on any atom is 0.331 e. The van der Waals surface area contributed by atoms with Gasteiger partial charge in [0.1, 0.15) is 0 Å². The Balaban J connectivity index is 2.68. The SMILES string of the molecule is COc1cc(/C=C/C(=O)OCC(=O)NC(C)C)cc(Cl)c1OC. The number of esters is 1. The number of halogens is 1. The molecule has 0 aliphatic heterocycles. The minimum absolute atomic E-state index is 0.00866. The number of ether oxygens (including phenoxy) is 3. The van der Waals surface area contributed by atoms with Gasteiger partial charge in [-0.2, -0.15) is 0 Å². The lowest BCUT2D eigenvalue weighted by molar-refractivity contribution is -0.143. The molecule has 1 rings (SSSR count). The van der Waals surface area contributed by atoms with Gasteiger partial charge in [-0.1, -0.05) is 11.6 Å². The summed E-state index contributed by atoms with van der Waals surface area (Å²) < 4.78 is 15.1. The van der Waals surface area contributed by atoms with Crippen molar-refractivity contribution in [2.75, 3.05) is 20.8 Å². The predicted octanol–water partition coefficient (Wildman–Crippen LogP) is 2.44. The summed E-state index contributed by atoms with van der Waals surface area (Å²) in [5.41, 5.74) is 0.635. The van der Waals surface area contributed by atoms with Crippen molar-refractivity contribution in [3.63, 3.8) is 0 Å². The zero-order valence-corrected chi connectivity index (χ0v) is 14.3. The van der Waals surface area contributed by atoms with E-state index in [1.807, 2.05) is 13.8 Å². The zero-order valence-electron chi connectivity index (χ0n) is 13.5. The second kappa shape index (κ2) is 9.05. The summed E-state index contributed by atoms with van der Waals surface area (Å²) in [6, 6.07) is 3.28. The fourth-order valence-electron chi connectivity index (χ4n) is 1.75. The molecule has 7 heteroatoms. The van der Waals surface area contributed by atoms with Crippen molar-refractivity contribution in [3.05, 3.63) is 28.8 Å². The van der Waals surface area contributed by atoms with E-state index in [-0.39, 0.29) is 18.6 Å². The van der Waals surface area contributed by atoms with Crippen molar-refractivity contribution in [3.8, 4) is 11.5 Å². The molecule has 1 aromatic rings. The molecule has 126 valence electrons. The Hall–Kier alpha value is -2.21. The molecule has 0 aliphatic rings. The minimum atomic E-state index is -0.630. The molecule has 0 unspecified atom stereocenters. The van der Waals surface area contributed by atoms with E-state index in [0.29, 0.717) is 22.1 Å². The van der Waals surface area contributed by atoms with Crippen molar-refractivity contribution in [2.24, 2.45) is 0 Å². The number of benzene rings is 1. The van der Waals surface area contributed by atoms with Crippen LogP contribution in [0.4, 0.5) is 0 Å². The summed E-state index contributed by atoms with van der Waals surface area (Å²) in [5.74, 6) is -0.116. The molecule has 6 nitrogen and oxygen atoms in total. The van der Waals surface area contributed by atoms with E-state index in [1.165, 1.54) is 26.4 Å². The van der Waals surface area contributed by atoms with Crippen LogP contribution in [0.25, 0.3) is 6.08 Å². The van der Waals surface area contributed by atoms with Crippen molar-refractivity contribution in [2.45, 2.75) is 19.9 Å². The number of methoxy groups -OCH3 is 2. The van der Waals surface area contributed by atoms with Gasteiger partial charge in [-0.05, 0) is 37.6 Å². The zero-order chi connectivity index (χ0) is 17.4. The third kappa shape index (κ3) is 6.20. The topological polar surface area (TPSA) is 73.9 Å². The summed E-state index contributed by atoms with van der Waals surface area (Å²) in [6.45, 7) is 3.31.